The molecule has 2 rings (SSSR count). The van der Waals surface area contributed by atoms with Crippen LogP contribution in [0.4, 0.5) is 0 Å². The number of hydrogen-bond acceptors (Lipinski definition) is 1. The summed E-state index contributed by atoms with van der Waals surface area (Å²) in [6, 6.07) is 8.71. The van der Waals surface area contributed by atoms with Gasteiger partial charge in [0.1, 0.15) is 0 Å². The number of benzene rings is 1. The van der Waals surface area contributed by atoms with Gasteiger partial charge < -0.3 is 5.32 Å². The van der Waals surface area contributed by atoms with E-state index in [1.165, 1.54) is 43.2 Å². The summed E-state index contributed by atoms with van der Waals surface area (Å²) in [5.74, 6) is 0.799. The third-order valence-electron chi connectivity index (χ3n) is 4.24. The molecule has 0 unspecified atom stereocenters. The molecule has 0 radical (unpaired) electrons. The predicted octanol–water partition coefficient (Wildman–Crippen LogP) is 4.57. The Morgan fingerprint density at radius 3 is 2.63 bits per heavy atom. The van der Waals surface area contributed by atoms with E-state index in [-0.39, 0.29) is 0 Å². The maximum absolute atomic E-state index is 3.52. The zero-order chi connectivity index (χ0) is 13.5. The molecule has 104 valence electrons. The first-order valence-electron chi connectivity index (χ1n) is 7.78. The van der Waals surface area contributed by atoms with Crippen molar-refractivity contribution in [1.82, 2.24) is 5.32 Å². The van der Waals surface area contributed by atoms with Crippen molar-refractivity contribution in [1.29, 1.82) is 0 Å². The zero-order valence-corrected chi connectivity index (χ0v) is 12.4. The van der Waals surface area contributed by atoms with E-state index >= 15 is 0 Å². The SMILES string of the molecule is CCNCC(=Cc1ccccc1C)C1CCCCC1. The Morgan fingerprint density at radius 1 is 1.21 bits per heavy atom. The lowest BCUT2D eigenvalue weighted by molar-refractivity contribution is 0.397. The fourth-order valence-corrected chi connectivity index (χ4v) is 3.00. The molecule has 0 spiro atoms. The number of aryl methyl sites for hydroxylation is 1. The predicted molar refractivity (Wildman–Crippen MR) is 84.3 cm³/mol. The molecule has 0 amide bonds. The Balaban J connectivity index is 2.18. The topological polar surface area (TPSA) is 12.0 Å². The van der Waals surface area contributed by atoms with E-state index in [0.717, 1.165) is 19.0 Å². The van der Waals surface area contributed by atoms with E-state index in [9.17, 15) is 0 Å². The van der Waals surface area contributed by atoms with Gasteiger partial charge in [-0.3, -0.25) is 0 Å². The monoisotopic (exact) mass is 257 g/mol. The van der Waals surface area contributed by atoms with Crippen molar-refractivity contribution < 1.29 is 0 Å². The lowest BCUT2D eigenvalue weighted by Crippen LogP contribution is -2.22. The van der Waals surface area contributed by atoms with E-state index in [2.05, 4.69) is 49.5 Å². The van der Waals surface area contributed by atoms with Crippen LogP contribution in [-0.2, 0) is 0 Å². The summed E-state index contributed by atoms with van der Waals surface area (Å²) in [4.78, 5) is 0. The minimum atomic E-state index is 0.799. The fourth-order valence-electron chi connectivity index (χ4n) is 3.00. The molecule has 0 saturated heterocycles. The van der Waals surface area contributed by atoms with E-state index in [4.69, 9.17) is 0 Å². The largest absolute Gasteiger partial charge is 0.313 e. The van der Waals surface area contributed by atoms with Crippen LogP contribution in [0.15, 0.2) is 29.8 Å². The molecule has 19 heavy (non-hydrogen) atoms. The molecule has 0 aromatic heterocycles. The van der Waals surface area contributed by atoms with Crippen molar-refractivity contribution >= 4 is 6.08 Å². The van der Waals surface area contributed by atoms with Crippen molar-refractivity contribution in [2.45, 2.75) is 46.0 Å². The van der Waals surface area contributed by atoms with Gasteiger partial charge in [0.15, 0.2) is 0 Å². The quantitative estimate of drug-likeness (QED) is 0.815. The molecule has 0 atom stereocenters. The summed E-state index contributed by atoms with van der Waals surface area (Å²) < 4.78 is 0. The Bertz CT molecular complexity index is 413. The minimum Gasteiger partial charge on any atom is -0.313 e. The lowest BCUT2D eigenvalue weighted by atomic mass is 9.82. The second-order valence-electron chi connectivity index (χ2n) is 5.69. The van der Waals surface area contributed by atoms with Gasteiger partial charge in [0.2, 0.25) is 0 Å². The van der Waals surface area contributed by atoms with Gasteiger partial charge in [-0.15, -0.1) is 0 Å². The van der Waals surface area contributed by atoms with Crippen LogP contribution < -0.4 is 5.32 Å². The summed E-state index contributed by atoms with van der Waals surface area (Å²) in [5.41, 5.74) is 4.38. The van der Waals surface area contributed by atoms with Gasteiger partial charge in [0.25, 0.3) is 0 Å². The smallest absolute Gasteiger partial charge is 0.0170 e. The number of nitrogens with one attached hydrogen (secondary N) is 1. The molecule has 0 aliphatic heterocycles. The van der Waals surface area contributed by atoms with E-state index in [1.54, 1.807) is 5.57 Å². The van der Waals surface area contributed by atoms with Crippen LogP contribution in [0.2, 0.25) is 0 Å². The molecule has 1 aliphatic rings. The van der Waals surface area contributed by atoms with Gasteiger partial charge in [-0.05, 0) is 43.4 Å². The molecular weight excluding hydrogens is 230 g/mol. The summed E-state index contributed by atoms with van der Waals surface area (Å²) in [6.45, 7) is 6.50. The minimum absolute atomic E-state index is 0.799. The number of likely N-dealkylation sites (N-methyl/N-ethyl adjacent to an activating group) is 1. The molecule has 1 fully saturated rings. The third-order valence-corrected chi connectivity index (χ3v) is 4.24. The maximum atomic E-state index is 3.52. The first-order valence-corrected chi connectivity index (χ1v) is 7.78. The van der Waals surface area contributed by atoms with E-state index < -0.39 is 0 Å². The van der Waals surface area contributed by atoms with Crippen LogP contribution in [0.1, 0.15) is 50.2 Å². The van der Waals surface area contributed by atoms with Crippen LogP contribution in [0.3, 0.4) is 0 Å². The number of hydrogen-bond donors (Lipinski definition) is 1. The van der Waals surface area contributed by atoms with Gasteiger partial charge in [0.05, 0.1) is 0 Å². The summed E-state index contributed by atoms with van der Waals surface area (Å²) in [5, 5.41) is 3.52. The molecule has 1 N–H and O–H groups in total. The molecule has 1 saturated carbocycles. The molecule has 1 aliphatic carbocycles. The standard InChI is InChI=1S/C18H27N/c1-3-19-14-18(16-10-5-4-6-11-16)13-17-12-8-7-9-15(17)2/h7-9,12-13,16,19H,3-6,10-11,14H2,1-2H3. The Labute approximate surface area is 118 Å². The second-order valence-corrected chi connectivity index (χ2v) is 5.69. The van der Waals surface area contributed by atoms with Crippen molar-refractivity contribution in [3.63, 3.8) is 0 Å². The molecule has 1 aromatic rings. The Hall–Kier alpha value is -1.08. The van der Waals surface area contributed by atoms with Crippen LogP contribution in [-0.4, -0.2) is 13.1 Å². The fraction of sp³-hybridized carbons (Fsp3) is 0.556. The van der Waals surface area contributed by atoms with Crippen LogP contribution in [0, 0.1) is 12.8 Å². The van der Waals surface area contributed by atoms with Crippen LogP contribution >= 0.6 is 0 Å². The lowest BCUT2D eigenvalue weighted by Gasteiger charge is -2.25. The maximum Gasteiger partial charge on any atom is 0.0170 e. The van der Waals surface area contributed by atoms with Gasteiger partial charge in [-0.1, -0.05) is 62.1 Å². The van der Waals surface area contributed by atoms with Crippen molar-refractivity contribution in [3.05, 3.63) is 41.0 Å². The van der Waals surface area contributed by atoms with Crippen LogP contribution in [0.25, 0.3) is 6.08 Å². The molecule has 0 heterocycles. The average molecular weight is 257 g/mol. The highest BCUT2D eigenvalue weighted by Crippen LogP contribution is 2.30. The van der Waals surface area contributed by atoms with E-state index in [1.807, 2.05) is 0 Å². The van der Waals surface area contributed by atoms with Crippen molar-refractivity contribution in [2.24, 2.45) is 5.92 Å². The van der Waals surface area contributed by atoms with Crippen LogP contribution in [0.5, 0.6) is 0 Å². The van der Waals surface area contributed by atoms with Gasteiger partial charge in [-0.2, -0.15) is 0 Å². The first-order chi connectivity index (χ1) is 9.31. The van der Waals surface area contributed by atoms with Gasteiger partial charge in [0, 0.05) is 6.54 Å². The van der Waals surface area contributed by atoms with Crippen molar-refractivity contribution in [3.8, 4) is 0 Å². The summed E-state index contributed by atoms with van der Waals surface area (Å²) in [6.07, 6.45) is 9.43. The molecule has 1 heteroatoms. The second kappa shape index (κ2) is 7.49. The van der Waals surface area contributed by atoms with Gasteiger partial charge >= 0.3 is 0 Å². The highest BCUT2D eigenvalue weighted by Gasteiger charge is 2.17. The van der Waals surface area contributed by atoms with Crippen molar-refractivity contribution in [2.75, 3.05) is 13.1 Å². The van der Waals surface area contributed by atoms with Gasteiger partial charge in [-0.25, -0.2) is 0 Å². The normalized spacial score (nSPS) is 17.7. The molecule has 1 nitrogen and oxygen atoms in total. The molecule has 0 bridgehead atoms. The van der Waals surface area contributed by atoms with E-state index in [0.29, 0.717) is 0 Å². The average Bonchev–Trinajstić information content (AvgIpc) is 2.46. The highest BCUT2D eigenvalue weighted by atomic mass is 14.8. The first kappa shape index (κ1) is 14.3. The Morgan fingerprint density at radius 2 is 1.95 bits per heavy atom. The zero-order valence-electron chi connectivity index (χ0n) is 12.4. The third kappa shape index (κ3) is 4.21. The summed E-state index contributed by atoms with van der Waals surface area (Å²) in [7, 11) is 0. The summed E-state index contributed by atoms with van der Waals surface area (Å²) >= 11 is 0. The Kier molecular flexibility index (Phi) is 5.65. The number of rotatable bonds is 5. The molecule has 1 aromatic carbocycles. The molecular formula is C18H27N. The highest BCUT2D eigenvalue weighted by molar-refractivity contribution is 5.57.